The summed E-state index contributed by atoms with van der Waals surface area (Å²) in [5.74, 6) is 4.93. The van der Waals surface area contributed by atoms with Gasteiger partial charge in [-0.3, -0.25) is 4.79 Å². The summed E-state index contributed by atoms with van der Waals surface area (Å²) in [6.07, 6.45) is 15.8. The second-order valence-corrected chi connectivity index (χ2v) is 3.48. The van der Waals surface area contributed by atoms with E-state index in [1.54, 1.807) is 0 Å². The lowest BCUT2D eigenvalue weighted by molar-refractivity contribution is -0.136. The number of allylic oxidation sites excluding steroid dienone is 6. The van der Waals surface area contributed by atoms with Gasteiger partial charge in [0.25, 0.3) is 0 Å². The van der Waals surface area contributed by atoms with Gasteiger partial charge in [0.05, 0.1) is 0 Å². The minimum atomic E-state index is -0.743. The lowest BCUT2D eigenvalue weighted by Gasteiger charge is -1.87. The summed E-state index contributed by atoms with van der Waals surface area (Å²) in [6, 6.07) is 0. The van der Waals surface area contributed by atoms with Crippen molar-refractivity contribution in [2.24, 2.45) is 0 Å². The first-order valence-electron chi connectivity index (χ1n) is 5.86. The Morgan fingerprint density at radius 3 is 2.35 bits per heavy atom. The Kier molecular flexibility index (Phi) is 11.1. The van der Waals surface area contributed by atoms with E-state index in [2.05, 4.69) is 30.1 Å². The highest BCUT2D eigenvalue weighted by Gasteiger charge is 1.90. The zero-order chi connectivity index (χ0) is 12.8. The molecule has 1 N–H and O–H groups in total. The molecule has 92 valence electrons. The highest BCUT2D eigenvalue weighted by molar-refractivity contribution is 5.66. The highest BCUT2D eigenvalue weighted by Crippen LogP contribution is 1.97. The van der Waals surface area contributed by atoms with E-state index in [0.29, 0.717) is 6.42 Å². The molecule has 0 aromatic carbocycles. The van der Waals surface area contributed by atoms with E-state index in [4.69, 9.17) is 5.11 Å². The van der Waals surface area contributed by atoms with Crippen molar-refractivity contribution in [3.63, 3.8) is 0 Å². The Hall–Kier alpha value is -1.75. The summed E-state index contributed by atoms with van der Waals surface area (Å²) >= 11 is 0. The Morgan fingerprint density at radius 1 is 1.06 bits per heavy atom. The normalized spacial score (nSPS) is 11.1. The first-order valence-corrected chi connectivity index (χ1v) is 5.86. The quantitative estimate of drug-likeness (QED) is 0.393. The number of aliphatic carboxylic acids is 1. The number of carboxylic acids is 1. The molecule has 0 amide bonds. The largest absolute Gasteiger partial charge is 0.481 e. The summed E-state index contributed by atoms with van der Waals surface area (Å²) in [7, 11) is 0. The van der Waals surface area contributed by atoms with Crippen LogP contribution in [0.3, 0.4) is 0 Å². The number of hydrogen-bond donors (Lipinski definition) is 1. The van der Waals surface area contributed by atoms with Crippen molar-refractivity contribution in [3.8, 4) is 11.8 Å². The van der Waals surface area contributed by atoms with Crippen LogP contribution in [-0.2, 0) is 4.79 Å². The van der Waals surface area contributed by atoms with Gasteiger partial charge in [0.1, 0.15) is 0 Å². The van der Waals surface area contributed by atoms with E-state index in [-0.39, 0.29) is 6.42 Å². The van der Waals surface area contributed by atoms with Crippen LogP contribution in [0.15, 0.2) is 36.5 Å². The number of carboxylic acid groups (broad SMARTS) is 1. The van der Waals surface area contributed by atoms with Gasteiger partial charge in [-0.05, 0) is 38.7 Å². The maximum absolute atomic E-state index is 10.2. The highest BCUT2D eigenvalue weighted by atomic mass is 16.4. The van der Waals surface area contributed by atoms with Crippen LogP contribution in [0, 0.1) is 11.8 Å². The molecule has 0 aromatic rings. The molecule has 17 heavy (non-hydrogen) atoms. The van der Waals surface area contributed by atoms with Gasteiger partial charge in [0.2, 0.25) is 0 Å². The molecule has 0 fully saturated rings. The van der Waals surface area contributed by atoms with Gasteiger partial charge in [-0.2, -0.15) is 0 Å². The van der Waals surface area contributed by atoms with Crippen molar-refractivity contribution in [1.82, 2.24) is 0 Å². The maximum atomic E-state index is 10.2. The fourth-order valence-corrected chi connectivity index (χ4v) is 1.13. The van der Waals surface area contributed by atoms with Crippen molar-refractivity contribution in [3.05, 3.63) is 36.5 Å². The smallest absolute Gasteiger partial charge is 0.303 e. The molecule has 0 aliphatic rings. The molecule has 0 aliphatic heterocycles. The average Bonchev–Trinajstić information content (AvgIpc) is 2.30. The zero-order valence-corrected chi connectivity index (χ0v) is 10.4. The third-order valence-corrected chi connectivity index (χ3v) is 1.98. The summed E-state index contributed by atoms with van der Waals surface area (Å²) in [6.45, 7) is 1.82. The van der Waals surface area contributed by atoms with Gasteiger partial charge in [-0.1, -0.05) is 36.3 Å². The van der Waals surface area contributed by atoms with Gasteiger partial charge >= 0.3 is 5.97 Å². The molecule has 0 aromatic heterocycles. The fourth-order valence-electron chi connectivity index (χ4n) is 1.13. The fraction of sp³-hybridized carbons (Fsp3) is 0.400. The van der Waals surface area contributed by atoms with Crippen LogP contribution in [0.25, 0.3) is 0 Å². The molecule has 0 unspecified atom stereocenters. The summed E-state index contributed by atoms with van der Waals surface area (Å²) in [5.41, 5.74) is 0. The molecule has 2 nitrogen and oxygen atoms in total. The van der Waals surface area contributed by atoms with Gasteiger partial charge in [-0.25, -0.2) is 0 Å². The van der Waals surface area contributed by atoms with Crippen molar-refractivity contribution in [1.29, 1.82) is 0 Å². The molecule has 0 radical (unpaired) electrons. The molecule has 0 atom stereocenters. The maximum Gasteiger partial charge on any atom is 0.303 e. The molecule has 0 saturated carbocycles. The van der Waals surface area contributed by atoms with Crippen molar-refractivity contribution in [2.45, 2.75) is 39.0 Å². The molecular weight excluding hydrogens is 212 g/mol. The molecule has 0 bridgehead atoms. The molecule has 0 rings (SSSR count). The van der Waals surface area contributed by atoms with Crippen LogP contribution in [-0.4, -0.2) is 11.1 Å². The van der Waals surface area contributed by atoms with E-state index in [1.165, 1.54) is 0 Å². The molecule has 2 heteroatoms. The second-order valence-electron chi connectivity index (χ2n) is 3.48. The van der Waals surface area contributed by atoms with Gasteiger partial charge in [-0.15, -0.1) is 5.92 Å². The van der Waals surface area contributed by atoms with E-state index in [9.17, 15) is 4.79 Å². The first-order chi connectivity index (χ1) is 8.27. The Balaban J connectivity index is 3.41. The van der Waals surface area contributed by atoms with Crippen LogP contribution in [0.5, 0.6) is 0 Å². The second kappa shape index (κ2) is 12.3. The van der Waals surface area contributed by atoms with Crippen LogP contribution < -0.4 is 0 Å². The van der Waals surface area contributed by atoms with Crippen LogP contribution in [0.1, 0.15) is 39.0 Å². The molecule has 0 saturated heterocycles. The van der Waals surface area contributed by atoms with Gasteiger partial charge in [0, 0.05) is 6.42 Å². The topological polar surface area (TPSA) is 37.3 Å². The van der Waals surface area contributed by atoms with E-state index < -0.39 is 5.97 Å². The molecule has 0 heterocycles. The van der Waals surface area contributed by atoms with E-state index in [1.807, 2.05) is 25.2 Å². The summed E-state index contributed by atoms with van der Waals surface area (Å²) in [5, 5.41) is 8.41. The van der Waals surface area contributed by atoms with Crippen molar-refractivity contribution < 1.29 is 9.90 Å². The third kappa shape index (κ3) is 14.2. The summed E-state index contributed by atoms with van der Waals surface area (Å²) in [4.78, 5) is 10.2. The first kappa shape index (κ1) is 15.2. The van der Waals surface area contributed by atoms with Gasteiger partial charge in [0.15, 0.2) is 0 Å². The number of carbonyl (C=O) groups is 1. The predicted octanol–water partition coefficient (Wildman–Crippen LogP) is 3.71. The van der Waals surface area contributed by atoms with Crippen LogP contribution >= 0.6 is 0 Å². The van der Waals surface area contributed by atoms with E-state index in [0.717, 1.165) is 19.3 Å². The number of rotatable bonds is 8. The van der Waals surface area contributed by atoms with Crippen molar-refractivity contribution in [2.75, 3.05) is 0 Å². The lowest BCUT2D eigenvalue weighted by atomic mass is 10.2. The number of hydrogen-bond acceptors (Lipinski definition) is 1. The molecular formula is C15H20O2. The zero-order valence-electron chi connectivity index (χ0n) is 10.4. The SMILES string of the molecule is CC#C/C=C/CC/C=C\C/C=C\CCC(=O)O. The van der Waals surface area contributed by atoms with Gasteiger partial charge < -0.3 is 5.11 Å². The Labute approximate surface area is 104 Å². The molecule has 0 spiro atoms. The average molecular weight is 232 g/mol. The Bertz CT molecular complexity index is 338. The predicted molar refractivity (Wildman–Crippen MR) is 71.6 cm³/mol. The Morgan fingerprint density at radius 2 is 1.71 bits per heavy atom. The monoisotopic (exact) mass is 232 g/mol. The standard InChI is InChI=1S/C15H20O2/c1-2-3-4-5-6-7-8-9-10-11-12-13-14-15(16)17/h4-5,8-9,11-12H,6-7,10,13-14H2,1H3,(H,16,17)/b5-4+,9-8-,12-11-. The third-order valence-electron chi connectivity index (χ3n) is 1.98. The minimum absolute atomic E-state index is 0.212. The minimum Gasteiger partial charge on any atom is -0.481 e. The lowest BCUT2D eigenvalue weighted by Crippen LogP contribution is -1.91. The summed E-state index contributed by atoms with van der Waals surface area (Å²) < 4.78 is 0. The van der Waals surface area contributed by atoms with Crippen LogP contribution in [0.4, 0.5) is 0 Å². The van der Waals surface area contributed by atoms with E-state index >= 15 is 0 Å². The van der Waals surface area contributed by atoms with Crippen molar-refractivity contribution >= 4 is 5.97 Å². The number of unbranched alkanes of at least 4 members (excludes halogenated alkanes) is 1. The molecule has 0 aliphatic carbocycles. The van der Waals surface area contributed by atoms with Crippen LogP contribution in [0.2, 0.25) is 0 Å².